The maximum absolute atomic E-state index is 13.5. The molecule has 7 rings (SSSR count). The molecule has 1 aromatic carbocycles. The monoisotopic (exact) mass is 520 g/mol. The van der Waals surface area contributed by atoms with E-state index in [1.54, 1.807) is 13.0 Å². The van der Waals surface area contributed by atoms with Gasteiger partial charge in [0.1, 0.15) is 16.5 Å². The van der Waals surface area contributed by atoms with Crippen LogP contribution in [0.1, 0.15) is 76.9 Å². The van der Waals surface area contributed by atoms with Gasteiger partial charge in [-0.3, -0.25) is 4.79 Å². The molecule has 190 valence electrons. The number of rotatable bonds is 6. The Morgan fingerprint density at radius 1 is 1.14 bits per heavy atom. The lowest BCUT2D eigenvalue weighted by Gasteiger charge is -2.68. The summed E-state index contributed by atoms with van der Waals surface area (Å²) >= 11 is 5.91. The van der Waals surface area contributed by atoms with Gasteiger partial charge in [0, 0.05) is 28.9 Å². The quantitative estimate of drug-likeness (QED) is 0.321. The molecule has 3 fully saturated rings. The predicted molar refractivity (Wildman–Crippen MR) is 136 cm³/mol. The third-order valence-corrected chi connectivity index (χ3v) is 8.02. The van der Waals surface area contributed by atoms with Crippen LogP contribution in [-0.2, 0) is 10.8 Å². The zero-order valence-corrected chi connectivity index (χ0v) is 21.6. The molecule has 0 aliphatic heterocycles. The largest absolute Gasteiger partial charge is 0.476 e. The first-order valence-corrected chi connectivity index (χ1v) is 12.5. The van der Waals surface area contributed by atoms with Gasteiger partial charge in [0.25, 0.3) is 0 Å². The molecule has 4 aromatic rings. The number of carboxylic acids is 1. The molecule has 2 N–H and O–H groups in total. The number of nitrogens with zero attached hydrogens (tertiary/aromatic N) is 3. The van der Waals surface area contributed by atoms with Gasteiger partial charge in [-0.05, 0) is 63.8 Å². The lowest BCUT2D eigenvalue weighted by Crippen LogP contribution is -2.68. The average Bonchev–Trinajstić information content (AvgIpc) is 3.22. The first-order chi connectivity index (χ1) is 17.5. The van der Waals surface area contributed by atoms with Crippen molar-refractivity contribution in [3.05, 3.63) is 79.5 Å². The minimum atomic E-state index is -1.19. The molecule has 0 unspecified atom stereocenters. The van der Waals surface area contributed by atoms with E-state index in [2.05, 4.69) is 20.4 Å². The summed E-state index contributed by atoms with van der Waals surface area (Å²) in [6.45, 7) is 7.42. The summed E-state index contributed by atoms with van der Waals surface area (Å²) in [5, 5.41) is 17.5. The molecule has 3 aliphatic rings. The number of hydrogen-bond donors (Lipinski definition) is 2. The Kier molecular flexibility index (Phi) is 5.04. The molecule has 9 nitrogen and oxygen atoms in total. The van der Waals surface area contributed by atoms with Gasteiger partial charge >= 0.3 is 5.97 Å². The first kappa shape index (κ1) is 23.7. The first-order valence-electron chi connectivity index (χ1n) is 12.1. The number of aryl methyl sites for hydroxylation is 2. The van der Waals surface area contributed by atoms with Crippen molar-refractivity contribution in [2.75, 3.05) is 5.32 Å². The summed E-state index contributed by atoms with van der Waals surface area (Å²) in [6.07, 6.45) is 2.42. The Bertz CT molecular complexity index is 1650. The number of carbonyl (C=O) groups is 1. The number of aromatic carboxylic acids is 1. The summed E-state index contributed by atoms with van der Waals surface area (Å²) in [5.41, 5.74) is 2.55. The number of nitrogens with one attached hydrogen (secondary N) is 1. The summed E-state index contributed by atoms with van der Waals surface area (Å²) in [4.78, 5) is 33.7. The van der Waals surface area contributed by atoms with Gasteiger partial charge in [0.05, 0.1) is 17.1 Å². The molecule has 3 aromatic heterocycles. The van der Waals surface area contributed by atoms with Crippen LogP contribution in [-0.4, -0.2) is 26.2 Å². The number of pyridine rings is 1. The molecule has 3 heterocycles. The zero-order valence-electron chi connectivity index (χ0n) is 20.8. The molecule has 0 amide bonds. The van der Waals surface area contributed by atoms with E-state index in [1.165, 1.54) is 6.07 Å². The third-order valence-electron chi connectivity index (χ3n) is 7.81. The molecule has 0 spiro atoms. The van der Waals surface area contributed by atoms with Gasteiger partial charge in [-0.1, -0.05) is 22.8 Å². The smallest absolute Gasteiger partial charge is 0.356 e. The van der Waals surface area contributed by atoms with Crippen molar-refractivity contribution >= 4 is 34.2 Å². The number of fused-ring (bicyclic) bond motifs is 1. The number of halogens is 1. The van der Waals surface area contributed by atoms with E-state index < -0.39 is 5.97 Å². The Morgan fingerprint density at radius 2 is 1.86 bits per heavy atom. The Labute approximate surface area is 216 Å². The Morgan fingerprint density at radius 3 is 2.51 bits per heavy atom. The van der Waals surface area contributed by atoms with E-state index in [9.17, 15) is 14.7 Å². The second-order valence-corrected chi connectivity index (χ2v) is 10.9. The van der Waals surface area contributed by atoms with E-state index in [4.69, 9.17) is 20.5 Å². The van der Waals surface area contributed by atoms with Crippen molar-refractivity contribution in [3.8, 4) is 0 Å². The Hall–Kier alpha value is -3.72. The van der Waals surface area contributed by atoms with E-state index in [0.717, 1.165) is 36.2 Å². The SMILES string of the molecule is Cc1cc([C@@H](C)Nc2ccc(Cl)nc2C(=O)O)c2oc(C34CC(c5noc(C)n5)(C3)C4)c(C)c(=O)c2c1. The van der Waals surface area contributed by atoms with E-state index in [0.29, 0.717) is 33.9 Å². The Balaban J connectivity index is 1.40. The van der Waals surface area contributed by atoms with Gasteiger partial charge in [-0.2, -0.15) is 4.98 Å². The van der Waals surface area contributed by atoms with Crippen molar-refractivity contribution in [1.82, 2.24) is 15.1 Å². The van der Waals surface area contributed by atoms with Crippen LogP contribution in [0.4, 0.5) is 5.69 Å². The van der Waals surface area contributed by atoms with Gasteiger partial charge in [0.2, 0.25) is 5.89 Å². The number of aromatic nitrogens is 3. The highest BCUT2D eigenvalue weighted by Gasteiger charge is 2.72. The van der Waals surface area contributed by atoms with Crippen LogP contribution in [0.5, 0.6) is 0 Å². The molecule has 10 heteroatoms. The fourth-order valence-electron chi connectivity index (χ4n) is 6.20. The van der Waals surface area contributed by atoms with Crippen LogP contribution in [0.15, 0.2) is 38.0 Å². The van der Waals surface area contributed by atoms with Gasteiger partial charge in [-0.25, -0.2) is 9.78 Å². The second-order valence-electron chi connectivity index (χ2n) is 10.5. The highest BCUT2D eigenvalue weighted by molar-refractivity contribution is 6.29. The van der Waals surface area contributed by atoms with Crippen LogP contribution < -0.4 is 10.7 Å². The lowest BCUT2D eigenvalue weighted by atomic mass is 9.34. The van der Waals surface area contributed by atoms with Crippen molar-refractivity contribution in [3.63, 3.8) is 0 Å². The molecule has 2 bridgehead atoms. The van der Waals surface area contributed by atoms with Crippen molar-refractivity contribution in [2.45, 2.75) is 63.8 Å². The summed E-state index contributed by atoms with van der Waals surface area (Å²) in [6, 6.07) is 6.52. The molecule has 0 saturated heterocycles. The molecule has 0 radical (unpaired) electrons. The number of carboxylic acid groups (broad SMARTS) is 1. The fourth-order valence-corrected chi connectivity index (χ4v) is 6.35. The second kappa shape index (κ2) is 7.89. The van der Waals surface area contributed by atoms with Crippen LogP contribution in [0, 0.1) is 20.8 Å². The standard InChI is InChI=1S/C27H25ClN4O5/c1-12-7-16(14(3)29-18-5-6-19(28)31-20(18)24(34)35)22-17(8-12)21(33)13(2)23(36-22)26-9-27(10-26,11-26)25-30-15(4)37-32-25/h5-8,14,29H,9-11H2,1-4H3,(H,34,35)/t14-,26?,27?/m1/s1. The molecule has 1 atom stereocenters. The maximum atomic E-state index is 13.5. The average molecular weight is 521 g/mol. The van der Waals surface area contributed by atoms with Gasteiger partial charge in [-0.15, -0.1) is 0 Å². The van der Waals surface area contributed by atoms with E-state index in [1.807, 2.05) is 32.9 Å². The van der Waals surface area contributed by atoms with E-state index >= 15 is 0 Å². The van der Waals surface area contributed by atoms with Crippen LogP contribution in [0.25, 0.3) is 11.0 Å². The highest BCUT2D eigenvalue weighted by Crippen LogP contribution is 2.73. The van der Waals surface area contributed by atoms with Gasteiger partial charge in [0.15, 0.2) is 16.9 Å². The van der Waals surface area contributed by atoms with Crippen LogP contribution in [0.2, 0.25) is 5.15 Å². The topological polar surface area (TPSA) is 131 Å². The van der Waals surface area contributed by atoms with Crippen molar-refractivity contribution in [2.24, 2.45) is 0 Å². The number of hydrogen-bond acceptors (Lipinski definition) is 8. The molecule has 37 heavy (non-hydrogen) atoms. The number of benzene rings is 1. The number of anilines is 1. The van der Waals surface area contributed by atoms with Crippen LogP contribution >= 0.6 is 11.6 Å². The molecule has 3 aliphatic carbocycles. The molecular formula is C27H25ClN4O5. The van der Waals surface area contributed by atoms with Crippen LogP contribution in [0.3, 0.4) is 0 Å². The zero-order chi connectivity index (χ0) is 26.3. The highest BCUT2D eigenvalue weighted by atomic mass is 35.5. The van der Waals surface area contributed by atoms with E-state index in [-0.39, 0.29) is 33.1 Å². The minimum Gasteiger partial charge on any atom is -0.476 e. The van der Waals surface area contributed by atoms with Crippen molar-refractivity contribution < 1.29 is 18.8 Å². The maximum Gasteiger partial charge on any atom is 0.356 e. The predicted octanol–water partition coefficient (Wildman–Crippen LogP) is 5.39. The normalized spacial score (nSPS) is 22.8. The van der Waals surface area contributed by atoms with Gasteiger partial charge < -0.3 is 19.4 Å². The molecule has 3 saturated carbocycles. The summed E-state index contributed by atoms with van der Waals surface area (Å²) in [5.74, 6) is 0.798. The minimum absolute atomic E-state index is 0.0537. The van der Waals surface area contributed by atoms with Crippen molar-refractivity contribution in [1.29, 1.82) is 0 Å². The third kappa shape index (κ3) is 3.48. The summed E-state index contributed by atoms with van der Waals surface area (Å²) < 4.78 is 11.8. The molecular weight excluding hydrogens is 496 g/mol. The fraction of sp³-hybridized carbons (Fsp3) is 0.370. The summed E-state index contributed by atoms with van der Waals surface area (Å²) in [7, 11) is 0. The lowest BCUT2D eigenvalue weighted by molar-refractivity contribution is -0.0901.